The van der Waals surface area contributed by atoms with Gasteiger partial charge in [-0.05, 0) is 80.9 Å². The SMILES string of the molecule is COc1ccc(Br)cc1[C@@H]1C(C(=O)OC(C)C)=C(C)N=c2s/c(=C\c3cc(Cl)ccc3OCc3ccc(F)cc3)c(=O)n21. The van der Waals surface area contributed by atoms with Gasteiger partial charge in [0.15, 0.2) is 4.80 Å². The Balaban J connectivity index is 1.66. The number of hydrogen-bond acceptors (Lipinski definition) is 7. The first-order valence-corrected chi connectivity index (χ1v) is 15.3. The van der Waals surface area contributed by atoms with E-state index in [2.05, 4.69) is 20.9 Å². The Labute approximate surface area is 264 Å². The van der Waals surface area contributed by atoms with Crippen LogP contribution in [0.3, 0.4) is 0 Å². The minimum atomic E-state index is -0.856. The third-order valence-electron chi connectivity index (χ3n) is 6.64. The number of methoxy groups -OCH3 is 1. The molecule has 43 heavy (non-hydrogen) atoms. The van der Waals surface area contributed by atoms with Gasteiger partial charge in [0, 0.05) is 20.6 Å². The van der Waals surface area contributed by atoms with E-state index in [1.165, 1.54) is 35.1 Å². The standard InChI is InChI=1S/C32H27BrClFN2O5S/c1-17(2)42-31(39)28-18(3)36-32-37(29(28)24-15-21(33)7-11-26(24)40-4)30(38)27(43-32)14-20-13-22(34)8-12-25(20)41-16-19-5-9-23(35)10-6-19/h5-15,17,29H,16H2,1-4H3/b27-14-/t29-/m1/s1. The lowest BCUT2D eigenvalue weighted by Gasteiger charge is -2.26. The number of halogens is 3. The third kappa shape index (κ3) is 6.61. The number of carbonyl (C=O) groups is 1. The van der Waals surface area contributed by atoms with Gasteiger partial charge < -0.3 is 14.2 Å². The Morgan fingerprint density at radius 1 is 1.14 bits per heavy atom. The normalized spacial score (nSPS) is 14.9. The molecule has 1 aromatic heterocycles. The zero-order valence-corrected chi connectivity index (χ0v) is 26.8. The van der Waals surface area contributed by atoms with Crippen molar-refractivity contribution >= 4 is 50.9 Å². The van der Waals surface area contributed by atoms with E-state index < -0.39 is 12.0 Å². The van der Waals surface area contributed by atoms with Crippen molar-refractivity contribution in [3.05, 3.63) is 124 Å². The van der Waals surface area contributed by atoms with Gasteiger partial charge in [0.05, 0.1) is 29.0 Å². The minimum Gasteiger partial charge on any atom is -0.496 e. The lowest BCUT2D eigenvalue weighted by Crippen LogP contribution is -2.40. The second-order valence-electron chi connectivity index (χ2n) is 10.0. The van der Waals surface area contributed by atoms with Crippen LogP contribution in [-0.4, -0.2) is 23.8 Å². The van der Waals surface area contributed by atoms with Gasteiger partial charge in [-0.1, -0.05) is 51.0 Å². The van der Waals surface area contributed by atoms with E-state index in [0.717, 1.165) is 10.0 Å². The molecule has 0 fully saturated rings. The monoisotopic (exact) mass is 684 g/mol. The first-order chi connectivity index (χ1) is 20.5. The van der Waals surface area contributed by atoms with Gasteiger partial charge in [0.25, 0.3) is 5.56 Å². The fourth-order valence-corrected chi connectivity index (χ4v) is 6.32. The number of aromatic nitrogens is 1. The van der Waals surface area contributed by atoms with Crippen LogP contribution in [0.5, 0.6) is 11.5 Å². The molecule has 0 aliphatic carbocycles. The van der Waals surface area contributed by atoms with E-state index in [4.69, 9.17) is 25.8 Å². The van der Waals surface area contributed by atoms with Gasteiger partial charge in [-0.2, -0.15) is 0 Å². The Hall–Kier alpha value is -3.73. The molecular formula is C32H27BrClFN2O5S. The van der Waals surface area contributed by atoms with Gasteiger partial charge in [-0.3, -0.25) is 9.36 Å². The number of allylic oxidation sites excluding steroid dienone is 1. The van der Waals surface area contributed by atoms with Crippen LogP contribution in [0.1, 0.15) is 43.5 Å². The molecule has 1 aliphatic heterocycles. The molecule has 3 aromatic carbocycles. The number of nitrogens with zero attached hydrogens (tertiary/aromatic N) is 2. The number of hydrogen-bond donors (Lipinski definition) is 0. The zero-order chi connectivity index (χ0) is 30.8. The van der Waals surface area contributed by atoms with Gasteiger partial charge in [-0.15, -0.1) is 0 Å². The molecule has 222 valence electrons. The van der Waals surface area contributed by atoms with E-state index in [0.29, 0.717) is 42.7 Å². The fraction of sp³-hybridized carbons (Fsp3) is 0.219. The largest absolute Gasteiger partial charge is 0.496 e. The maximum absolute atomic E-state index is 14.1. The second-order valence-corrected chi connectivity index (χ2v) is 12.4. The van der Waals surface area contributed by atoms with Crippen LogP contribution in [0.15, 0.2) is 86.2 Å². The molecule has 0 saturated carbocycles. The van der Waals surface area contributed by atoms with E-state index in [9.17, 15) is 14.0 Å². The molecule has 11 heteroatoms. The number of rotatable bonds is 8. The Morgan fingerprint density at radius 2 is 1.86 bits per heavy atom. The average molecular weight is 686 g/mol. The number of benzene rings is 3. The summed E-state index contributed by atoms with van der Waals surface area (Å²) in [6.07, 6.45) is 1.31. The maximum Gasteiger partial charge on any atom is 0.338 e. The molecule has 0 amide bonds. The molecule has 1 aliphatic rings. The summed E-state index contributed by atoms with van der Waals surface area (Å²) in [5.74, 6) is 0.0885. The number of thiazole rings is 1. The molecule has 0 unspecified atom stereocenters. The predicted octanol–water partition coefficient (Wildman–Crippen LogP) is 6.33. The highest BCUT2D eigenvalue weighted by atomic mass is 79.9. The number of carbonyl (C=O) groups excluding carboxylic acids is 1. The van der Waals surface area contributed by atoms with E-state index in [-0.39, 0.29) is 29.7 Å². The van der Waals surface area contributed by atoms with Crippen molar-refractivity contribution < 1.29 is 23.4 Å². The van der Waals surface area contributed by atoms with Crippen molar-refractivity contribution in [2.45, 2.75) is 39.5 Å². The van der Waals surface area contributed by atoms with Crippen molar-refractivity contribution in [1.29, 1.82) is 0 Å². The Morgan fingerprint density at radius 3 is 2.56 bits per heavy atom. The van der Waals surface area contributed by atoms with Gasteiger partial charge in [-0.25, -0.2) is 14.2 Å². The summed E-state index contributed by atoms with van der Waals surface area (Å²) >= 11 is 11.0. The number of esters is 1. The maximum atomic E-state index is 14.1. The summed E-state index contributed by atoms with van der Waals surface area (Å²) in [7, 11) is 1.53. The molecule has 0 bridgehead atoms. The van der Waals surface area contributed by atoms with E-state index in [1.807, 2.05) is 12.1 Å². The fourth-order valence-electron chi connectivity index (χ4n) is 4.72. The van der Waals surface area contributed by atoms with Gasteiger partial charge in [0.2, 0.25) is 0 Å². The van der Waals surface area contributed by atoms with E-state index >= 15 is 0 Å². The van der Waals surface area contributed by atoms with Gasteiger partial charge >= 0.3 is 5.97 Å². The third-order valence-corrected chi connectivity index (χ3v) is 8.35. The predicted molar refractivity (Wildman–Crippen MR) is 168 cm³/mol. The van der Waals surface area contributed by atoms with Gasteiger partial charge in [0.1, 0.15) is 30.0 Å². The second kappa shape index (κ2) is 12.9. The van der Waals surface area contributed by atoms with Crippen LogP contribution in [0.4, 0.5) is 4.39 Å². The first kappa shape index (κ1) is 30.7. The quantitative estimate of drug-likeness (QED) is 0.203. The van der Waals surface area contributed by atoms with Crippen LogP contribution in [-0.2, 0) is 16.1 Å². The first-order valence-electron chi connectivity index (χ1n) is 13.3. The number of ether oxygens (including phenoxy) is 3. The molecule has 0 spiro atoms. The van der Waals surface area contributed by atoms with E-state index in [1.54, 1.807) is 63.2 Å². The summed E-state index contributed by atoms with van der Waals surface area (Å²) in [6, 6.07) is 15.7. The van der Waals surface area contributed by atoms with Crippen LogP contribution >= 0.6 is 38.9 Å². The van der Waals surface area contributed by atoms with Crippen LogP contribution in [0.25, 0.3) is 6.08 Å². The molecule has 7 nitrogen and oxygen atoms in total. The van der Waals surface area contributed by atoms with Crippen LogP contribution in [0.2, 0.25) is 5.02 Å². The summed E-state index contributed by atoms with van der Waals surface area (Å²) < 4.78 is 33.2. The Kier molecular flexibility index (Phi) is 9.19. The van der Waals surface area contributed by atoms with Crippen LogP contribution < -0.4 is 24.4 Å². The van der Waals surface area contributed by atoms with Crippen molar-refractivity contribution in [3.8, 4) is 11.5 Å². The summed E-state index contributed by atoms with van der Waals surface area (Å²) in [6.45, 7) is 5.44. The highest BCUT2D eigenvalue weighted by Gasteiger charge is 2.35. The molecule has 0 saturated heterocycles. The van der Waals surface area contributed by atoms with Crippen molar-refractivity contribution in [1.82, 2.24) is 4.57 Å². The molecule has 0 N–H and O–H groups in total. The zero-order valence-electron chi connectivity index (χ0n) is 23.7. The lowest BCUT2D eigenvalue weighted by molar-refractivity contribution is -0.143. The summed E-state index contributed by atoms with van der Waals surface area (Å²) in [5.41, 5.74) is 2.28. The molecule has 4 aromatic rings. The molecule has 5 rings (SSSR count). The average Bonchev–Trinajstić information content (AvgIpc) is 3.26. The van der Waals surface area contributed by atoms with Crippen LogP contribution in [0, 0.1) is 5.82 Å². The molecular weight excluding hydrogens is 659 g/mol. The van der Waals surface area contributed by atoms with Crippen molar-refractivity contribution in [3.63, 3.8) is 0 Å². The summed E-state index contributed by atoms with van der Waals surface area (Å²) in [4.78, 5) is 32.6. The minimum absolute atomic E-state index is 0.188. The highest BCUT2D eigenvalue weighted by molar-refractivity contribution is 9.10. The highest BCUT2D eigenvalue weighted by Crippen LogP contribution is 2.37. The molecule has 0 radical (unpaired) electrons. The topological polar surface area (TPSA) is 79.1 Å². The molecule has 1 atom stereocenters. The Bertz CT molecular complexity index is 1920. The lowest BCUT2D eigenvalue weighted by atomic mass is 9.95. The summed E-state index contributed by atoms with van der Waals surface area (Å²) in [5, 5.41) is 0.458. The molecule has 2 heterocycles. The number of fused-ring (bicyclic) bond motifs is 1. The van der Waals surface area contributed by atoms with Crippen molar-refractivity contribution in [2.75, 3.05) is 7.11 Å². The van der Waals surface area contributed by atoms with Crippen molar-refractivity contribution in [2.24, 2.45) is 4.99 Å². The smallest absolute Gasteiger partial charge is 0.338 e.